The molecule has 2 N–H and O–H groups in total. The lowest BCUT2D eigenvalue weighted by Crippen LogP contribution is -2.43. The van der Waals surface area contributed by atoms with Gasteiger partial charge in [-0.3, -0.25) is 9.59 Å². The van der Waals surface area contributed by atoms with Crippen molar-refractivity contribution in [3.05, 3.63) is 35.6 Å². The van der Waals surface area contributed by atoms with Gasteiger partial charge in [-0.25, -0.2) is 4.39 Å². The monoisotopic (exact) mass is 374 g/mol. The molecule has 2 atom stereocenters. The molecule has 2 amide bonds. The van der Waals surface area contributed by atoms with Crippen molar-refractivity contribution in [2.45, 2.75) is 38.3 Å². The van der Waals surface area contributed by atoms with Crippen molar-refractivity contribution < 1.29 is 27.2 Å². The summed E-state index contributed by atoms with van der Waals surface area (Å²) in [5, 5.41) is 5.03. The number of rotatable bonds is 6. The van der Waals surface area contributed by atoms with Crippen LogP contribution in [0.2, 0.25) is 0 Å². The van der Waals surface area contributed by atoms with Gasteiger partial charge >= 0.3 is 6.18 Å². The van der Waals surface area contributed by atoms with Crippen LogP contribution in [0.1, 0.15) is 42.5 Å². The van der Waals surface area contributed by atoms with E-state index < -0.39 is 35.6 Å². The first-order valence-corrected chi connectivity index (χ1v) is 8.68. The summed E-state index contributed by atoms with van der Waals surface area (Å²) in [6.45, 7) is 0.332. The molecule has 2 rings (SSSR count). The summed E-state index contributed by atoms with van der Waals surface area (Å²) >= 11 is 0. The molecule has 0 aromatic heterocycles. The molecule has 1 aromatic carbocycles. The molecule has 1 aliphatic carbocycles. The second-order valence-electron chi connectivity index (χ2n) is 6.42. The maximum Gasteiger partial charge on any atom is 0.392 e. The second-order valence-corrected chi connectivity index (χ2v) is 6.42. The molecule has 1 fully saturated rings. The number of alkyl halides is 3. The molecule has 1 aromatic rings. The van der Waals surface area contributed by atoms with Crippen LogP contribution >= 0.6 is 0 Å². The molecule has 144 valence electrons. The van der Waals surface area contributed by atoms with Gasteiger partial charge in [0.1, 0.15) is 5.82 Å². The van der Waals surface area contributed by atoms with Gasteiger partial charge < -0.3 is 10.6 Å². The van der Waals surface area contributed by atoms with Crippen molar-refractivity contribution in [1.82, 2.24) is 10.6 Å². The number of carbonyl (C=O) groups is 2. The average molecular weight is 374 g/mol. The minimum Gasteiger partial charge on any atom is -0.356 e. The van der Waals surface area contributed by atoms with Gasteiger partial charge in [0, 0.05) is 19.0 Å². The fourth-order valence-corrected chi connectivity index (χ4v) is 3.21. The van der Waals surface area contributed by atoms with E-state index in [-0.39, 0.29) is 31.5 Å². The molecular formula is C18H22F4N2O2. The predicted molar refractivity (Wildman–Crippen MR) is 87.9 cm³/mol. The molecule has 1 aliphatic rings. The van der Waals surface area contributed by atoms with Crippen LogP contribution in [-0.4, -0.2) is 31.1 Å². The highest BCUT2D eigenvalue weighted by atomic mass is 19.4. The van der Waals surface area contributed by atoms with Crippen LogP contribution in [0.5, 0.6) is 0 Å². The zero-order valence-electron chi connectivity index (χ0n) is 14.2. The van der Waals surface area contributed by atoms with E-state index in [0.717, 1.165) is 0 Å². The molecule has 0 unspecified atom stereocenters. The van der Waals surface area contributed by atoms with E-state index in [2.05, 4.69) is 10.6 Å². The van der Waals surface area contributed by atoms with Crippen LogP contribution in [0.4, 0.5) is 17.6 Å². The summed E-state index contributed by atoms with van der Waals surface area (Å²) in [7, 11) is 0. The zero-order valence-corrected chi connectivity index (χ0v) is 14.2. The van der Waals surface area contributed by atoms with Gasteiger partial charge in [-0.1, -0.05) is 25.0 Å². The summed E-state index contributed by atoms with van der Waals surface area (Å²) in [6.07, 6.45) is -2.70. The van der Waals surface area contributed by atoms with Crippen molar-refractivity contribution in [1.29, 1.82) is 0 Å². The average Bonchev–Trinajstić information content (AvgIpc) is 2.60. The first kappa shape index (κ1) is 20.2. The van der Waals surface area contributed by atoms with Crippen molar-refractivity contribution in [3.8, 4) is 0 Å². The largest absolute Gasteiger partial charge is 0.392 e. The number of carbonyl (C=O) groups excluding carboxylic acids is 2. The van der Waals surface area contributed by atoms with E-state index >= 15 is 0 Å². The molecular weight excluding hydrogens is 352 g/mol. The van der Waals surface area contributed by atoms with E-state index in [0.29, 0.717) is 19.3 Å². The number of halogens is 4. The van der Waals surface area contributed by atoms with Gasteiger partial charge in [0.15, 0.2) is 0 Å². The van der Waals surface area contributed by atoms with E-state index in [1.165, 1.54) is 18.2 Å². The summed E-state index contributed by atoms with van der Waals surface area (Å²) < 4.78 is 52.5. The Morgan fingerprint density at radius 2 is 1.69 bits per heavy atom. The lowest BCUT2D eigenvalue weighted by molar-refractivity contribution is -0.198. The maximum absolute atomic E-state index is 13.5. The third-order valence-corrected chi connectivity index (χ3v) is 4.58. The molecule has 8 heteroatoms. The number of nitrogens with one attached hydrogen (secondary N) is 2. The Morgan fingerprint density at radius 1 is 1.04 bits per heavy atom. The van der Waals surface area contributed by atoms with Crippen LogP contribution < -0.4 is 10.6 Å². The molecule has 4 nitrogen and oxygen atoms in total. The maximum atomic E-state index is 13.5. The quantitative estimate of drug-likeness (QED) is 0.592. The minimum atomic E-state index is -4.36. The van der Waals surface area contributed by atoms with Crippen LogP contribution in [0, 0.1) is 17.7 Å². The van der Waals surface area contributed by atoms with E-state index in [4.69, 9.17) is 0 Å². The molecule has 0 bridgehead atoms. The summed E-state index contributed by atoms with van der Waals surface area (Å²) in [4.78, 5) is 23.9. The van der Waals surface area contributed by atoms with Crippen molar-refractivity contribution in [2.75, 3.05) is 13.1 Å². The zero-order chi connectivity index (χ0) is 19.2. The van der Waals surface area contributed by atoms with Crippen LogP contribution in [0.15, 0.2) is 24.3 Å². The third kappa shape index (κ3) is 5.44. The van der Waals surface area contributed by atoms with Gasteiger partial charge in [0.2, 0.25) is 5.91 Å². The first-order valence-electron chi connectivity index (χ1n) is 8.68. The Kier molecular flexibility index (Phi) is 6.99. The van der Waals surface area contributed by atoms with Crippen LogP contribution in [-0.2, 0) is 4.79 Å². The standard InChI is InChI=1S/C18H22F4N2O2/c19-15-9-4-2-7-13(15)17(26)24-11-5-10-23-16(25)12-6-1-3-8-14(12)18(20,21)22/h2,4,7,9,12,14H,1,3,5-6,8,10-11H2,(H,23,25)(H,24,26)/t12-,14+/m0/s1. The predicted octanol–water partition coefficient (Wildman–Crippen LogP) is 3.43. The fourth-order valence-electron chi connectivity index (χ4n) is 3.21. The number of amides is 2. The van der Waals surface area contributed by atoms with Gasteiger partial charge in [-0.2, -0.15) is 13.2 Å². The van der Waals surface area contributed by atoms with Crippen molar-refractivity contribution >= 4 is 11.8 Å². The molecule has 26 heavy (non-hydrogen) atoms. The first-order chi connectivity index (χ1) is 12.3. The summed E-state index contributed by atoms with van der Waals surface area (Å²) in [6, 6.07) is 5.55. The number of benzene rings is 1. The Balaban J connectivity index is 1.73. The van der Waals surface area contributed by atoms with Gasteiger partial charge in [0.05, 0.1) is 11.5 Å². The summed E-state index contributed by atoms with van der Waals surface area (Å²) in [5.41, 5.74) is -0.0771. The lowest BCUT2D eigenvalue weighted by atomic mass is 9.78. The molecule has 1 saturated carbocycles. The van der Waals surface area contributed by atoms with Crippen LogP contribution in [0.3, 0.4) is 0 Å². The fraction of sp³-hybridized carbons (Fsp3) is 0.556. The Hall–Kier alpha value is -2.12. The minimum absolute atomic E-state index is 0.0136. The number of hydrogen-bond donors (Lipinski definition) is 2. The highest BCUT2D eigenvalue weighted by molar-refractivity contribution is 5.94. The van der Waals surface area contributed by atoms with Crippen molar-refractivity contribution in [3.63, 3.8) is 0 Å². The Labute approximate surface area is 149 Å². The lowest BCUT2D eigenvalue weighted by Gasteiger charge is -2.32. The van der Waals surface area contributed by atoms with Crippen molar-refractivity contribution in [2.24, 2.45) is 11.8 Å². The Morgan fingerprint density at radius 3 is 2.38 bits per heavy atom. The normalized spacial score (nSPS) is 20.5. The van der Waals surface area contributed by atoms with Crippen LogP contribution in [0.25, 0.3) is 0 Å². The molecule has 0 heterocycles. The molecule has 0 radical (unpaired) electrons. The number of hydrogen-bond acceptors (Lipinski definition) is 2. The molecule has 0 saturated heterocycles. The molecule has 0 spiro atoms. The summed E-state index contributed by atoms with van der Waals surface area (Å²) in [5.74, 6) is -4.42. The smallest absolute Gasteiger partial charge is 0.356 e. The topological polar surface area (TPSA) is 58.2 Å². The van der Waals surface area contributed by atoms with Gasteiger partial charge in [-0.05, 0) is 31.4 Å². The highest BCUT2D eigenvalue weighted by Gasteiger charge is 2.47. The Bertz CT molecular complexity index is 634. The van der Waals surface area contributed by atoms with E-state index in [1.807, 2.05) is 0 Å². The van der Waals surface area contributed by atoms with E-state index in [9.17, 15) is 27.2 Å². The van der Waals surface area contributed by atoms with Gasteiger partial charge in [0.25, 0.3) is 5.91 Å². The van der Waals surface area contributed by atoms with Gasteiger partial charge in [-0.15, -0.1) is 0 Å². The molecule has 0 aliphatic heterocycles. The third-order valence-electron chi connectivity index (χ3n) is 4.58. The highest BCUT2D eigenvalue weighted by Crippen LogP contribution is 2.41. The SMILES string of the molecule is O=C(NCCCNC(=O)[C@H]1CCCC[C@H]1C(F)(F)F)c1ccccc1F. The van der Waals surface area contributed by atoms with E-state index in [1.54, 1.807) is 6.07 Å². The second kappa shape index (κ2) is 9.00.